The average molecular weight is 422 g/mol. The Balaban J connectivity index is 1.56. The zero-order valence-electron chi connectivity index (χ0n) is 17.5. The summed E-state index contributed by atoms with van der Waals surface area (Å²) in [6, 6.07) is 17.4. The number of nitrogens with zero attached hydrogens (tertiary/aromatic N) is 1. The van der Waals surface area contributed by atoms with Crippen molar-refractivity contribution in [1.29, 1.82) is 0 Å². The number of hydrogen-bond acceptors (Lipinski definition) is 5. The van der Waals surface area contributed by atoms with E-state index in [2.05, 4.69) is 21.1 Å². The molecule has 1 aromatic heterocycles. The Morgan fingerprint density at radius 2 is 1.77 bits per heavy atom. The summed E-state index contributed by atoms with van der Waals surface area (Å²) in [6.45, 7) is 4.36. The van der Waals surface area contributed by atoms with Crippen LogP contribution in [0.1, 0.15) is 25.8 Å². The van der Waals surface area contributed by atoms with Crippen molar-refractivity contribution in [3.8, 4) is 11.3 Å². The third-order valence-corrected chi connectivity index (χ3v) is 4.57. The molecule has 1 heterocycles. The number of carbonyl (C=O) groups is 2. The van der Waals surface area contributed by atoms with E-state index in [1.807, 2.05) is 44.2 Å². The third-order valence-electron chi connectivity index (χ3n) is 4.57. The van der Waals surface area contributed by atoms with Crippen LogP contribution in [0.3, 0.4) is 0 Å². The van der Waals surface area contributed by atoms with E-state index in [1.165, 1.54) is 0 Å². The van der Waals surface area contributed by atoms with Crippen molar-refractivity contribution in [2.24, 2.45) is 5.92 Å². The van der Waals surface area contributed by atoms with Crippen molar-refractivity contribution in [3.63, 3.8) is 0 Å². The van der Waals surface area contributed by atoms with E-state index in [0.29, 0.717) is 30.2 Å². The number of rotatable bonds is 9. The number of benzene rings is 2. The van der Waals surface area contributed by atoms with Gasteiger partial charge in [-0.05, 0) is 30.0 Å². The molecule has 2 aromatic carbocycles. The first kappa shape index (κ1) is 21.9. The largest absolute Gasteiger partial charge is 0.480 e. The Hall–Kier alpha value is -3.81. The van der Waals surface area contributed by atoms with Gasteiger partial charge in [-0.25, -0.2) is 9.59 Å². The molecule has 0 aliphatic rings. The molecule has 0 radical (unpaired) electrons. The van der Waals surface area contributed by atoms with Crippen molar-refractivity contribution < 1.29 is 19.2 Å². The SMILES string of the molecule is CC(C)CC(Nc1cc(-c2ccc(NC(=O)NCc3ccccc3)cc2)no1)C(=O)O. The molecule has 3 aromatic rings. The topological polar surface area (TPSA) is 116 Å². The van der Waals surface area contributed by atoms with Gasteiger partial charge >= 0.3 is 12.0 Å². The Morgan fingerprint density at radius 1 is 1.06 bits per heavy atom. The fourth-order valence-electron chi connectivity index (χ4n) is 3.02. The molecule has 3 rings (SSSR count). The second-order valence-corrected chi connectivity index (χ2v) is 7.61. The van der Waals surface area contributed by atoms with Gasteiger partial charge in [0.15, 0.2) is 0 Å². The van der Waals surface area contributed by atoms with Crippen LogP contribution in [0.5, 0.6) is 0 Å². The van der Waals surface area contributed by atoms with Gasteiger partial charge in [0.2, 0.25) is 5.88 Å². The Bertz CT molecular complexity index is 1000. The quantitative estimate of drug-likeness (QED) is 0.401. The van der Waals surface area contributed by atoms with Gasteiger partial charge < -0.3 is 25.6 Å². The molecule has 0 spiro atoms. The second kappa shape index (κ2) is 10.3. The van der Waals surface area contributed by atoms with Crippen LogP contribution in [0.25, 0.3) is 11.3 Å². The van der Waals surface area contributed by atoms with Crippen LogP contribution in [0.2, 0.25) is 0 Å². The molecular formula is C23H26N4O4. The fraction of sp³-hybridized carbons (Fsp3) is 0.261. The first-order valence-electron chi connectivity index (χ1n) is 10.1. The van der Waals surface area contributed by atoms with Crippen LogP contribution >= 0.6 is 0 Å². The summed E-state index contributed by atoms with van der Waals surface area (Å²) in [6.07, 6.45) is 0.470. The van der Waals surface area contributed by atoms with Gasteiger partial charge in [-0.1, -0.05) is 61.5 Å². The predicted octanol–water partition coefficient (Wildman–Crippen LogP) is 4.57. The van der Waals surface area contributed by atoms with Crippen LogP contribution in [-0.4, -0.2) is 28.3 Å². The maximum Gasteiger partial charge on any atom is 0.326 e. The molecule has 8 nitrogen and oxygen atoms in total. The molecular weight excluding hydrogens is 396 g/mol. The zero-order valence-corrected chi connectivity index (χ0v) is 17.5. The highest BCUT2D eigenvalue weighted by molar-refractivity contribution is 5.89. The molecule has 8 heteroatoms. The average Bonchev–Trinajstić information content (AvgIpc) is 3.21. The maximum absolute atomic E-state index is 12.1. The van der Waals surface area contributed by atoms with Crippen LogP contribution in [0.4, 0.5) is 16.4 Å². The number of nitrogens with one attached hydrogen (secondary N) is 3. The predicted molar refractivity (Wildman–Crippen MR) is 119 cm³/mol. The van der Waals surface area contributed by atoms with Crippen LogP contribution in [-0.2, 0) is 11.3 Å². The molecule has 0 saturated heterocycles. The fourth-order valence-corrected chi connectivity index (χ4v) is 3.02. The second-order valence-electron chi connectivity index (χ2n) is 7.61. The highest BCUT2D eigenvalue weighted by Crippen LogP contribution is 2.24. The summed E-state index contributed by atoms with van der Waals surface area (Å²) in [5.41, 5.74) is 3.00. The third kappa shape index (κ3) is 6.60. The number of amides is 2. The van der Waals surface area contributed by atoms with Crippen LogP contribution < -0.4 is 16.0 Å². The Kier molecular flexibility index (Phi) is 7.26. The highest BCUT2D eigenvalue weighted by atomic mass is 16.5. The van der Waals surface area contributed by atoms with Crippen molar-refractivity contribution in [3.05, 3.63) is 66.2 Å². The molecule has 162 valence electrons. The van der Waals surface area contributed by atoms with Crippen LogP contribution in [0, 0.1) is 5.92 Å². The molecule has 0 aliphatic heterocycles. The molecule has 0 aliphatic carbocycles. The normalized spacial score (nSPS) is 11.7. The van der Waals surface area contributed by atoms with Gasteiger partial charge in [0.25, 0.3) is 0 Å². The lowest BCUT2D eigenvalue weighted by Crippen LogP contribution is -2.30. The first-order chi connectivity index (χ1) is 14.9. The molecule has 0 saturated carbocycles. The molecule has 1 atom stereocenters. The monoisotopic (exact) mass is 422 g/mol. The van der Waals surface area contributed by atoms with E-state index in [9.17, 15) is 14.7 Å². The number of carbonyl (C=O) groups excluding carboxylic acids is 1. The number of anilines is 2. The van der Waals surface area contributed by atoms with Crippen molar-refractivity contribution in [1.82, 2.24) is 10.5 Å². The van der Waals surface area contributed by atoms with Gasteiger partial charge in [-0.15, -0.1) is 0 Å². The minimum absolute atomic E-state index is 0.223. The highest BCUT2D eigenvalue weighted by Gasteiger charge is 2.20. The van der Waals surface area contributed by atoms with Gasteiger partial charge in [-0.3, -0.25) is 0 Å². The van der Waals surface area contributed by atoms with Gasteiger partial charge in [0.1, 0.15) is 11.7 Å². The van der Waals surface area contributed by atoms with Gasteiger partial charge in [0, 0.05) is 23.9 Å². The Morgan fingerprint density at radius 3 is 2.42 bits per heavy atom. The smallest absolute Gasteiger partial charge is 0.326 e. The van der Waals surface area contributed by atoms with Gasteiger partial charge in [-0.2, -0.15) is 0 Å². The molecule has 4 N–H and O–H groups in total. The summed E-state index contributed by atoms with van der Waals surface area (Å²) in [4.78, 5) is 23.5. The number of carboxylic acid groups (broad SMARTS) is 1. The standard InChI is InChI=1S/C23H26N4O4/c1-15(2)12-20(22(28)29)26-21-13-19(27-31-21)17-8-10-18(11-9-17)25-23(30)24-14-16-6-4-3-5-7-16/h3-11,13,15,20,26H,12,14H2,1-2H3,(H,28,29)(H2,24,25,30). The van der Waals surface area contributed by atoms with E-state index in [4.69, 9.17) is 4.52 Å². The summed E-state index contributed by atoms with van der Waals surface area (Å²) in [5, 5.41) is 21.8. The maximum atomic E-state index is 12.1. The number of hydrogen-bond donors (Lipinski definition) is 4. The van der Waals surface area contributed by atoms with Crippen molar-refractivity contribution in [2.75, 3.05) is 10.6 Å². The summed E-state index contributed by atoms with van der Waals surface area (Å²) in [7, 11) is 0. The van der Waals surface area contributed by atoms with E-state index >= 15 is 0 Å². The molecule has 31 heavy (non-hydrogen) atoms. The molecule has 0 fully saturated rings. The summed E-state index contributed by atoms with van der Waals surface area (Å²) < 4.78 is 5.25. The number of aromatic nitrogens is 1. The number of urea groups is 1. The van der Waals surface area contributed by atoms with Crippen molar-refractivity contribution >= 4 is 23.6 Å². The van der Waals surface area contributed by atoms with E-state index in [0.717, 1.165) is 11.1 Å². The molecule has 2 amide bonds. The lowest BCUT2D eigenvalue weighted by molar-refractivity contribution is -0.138. The number of carboxylic acids is 1. The molecule has 0 bridgehead atoms. The minimum Gasteiger partial charge on any atom is -0.480 e. The van der Waals surface area contributed by atoms with Crippen LogP contribution in [0.15, 0.2) is 65.2 Å². The van der Waals surface area contributed by atoms with E-state index in [1.54, 1.807) is 30.3 Å². The lowest BCUT2D eigenvalue weighted by atomic mass is 10.0. The Labute approximate surface area is 180 Å². The van der Waals surface area contributed by atoms with E-state index in [-0.39, 0.29) is 11.9 Å². The summed E-state index contributed by atoms with van der Waals surface area (Å²) >= 11 is 0. The lowest BCUT2D eigenvalue weighted by Gasteiger charge is -2.14. The summed E-state index contributed by atoms with van der Waals surface area (Å²) in [5.74, 6) is -0.418. The number of aliphatic carboxylic acids is 1. The van der Waals surface area contributed by atoms with Crippen molar-refractivity contribution in [2.45, 2.75) is 32.9 Å². The first-order valence-corrected chi connectivity index (χ1v) is 10.1. The molecule has 1 unspecified atom stereocenters. The zero-order chi connectivity index (χ0) is 22.2. The minimum atomic E-state index is -0.937. The van der Waals surface area contributed by atoms with E-state index < -0.39 is 12.0 Å². The van der Waals surface area contributed by atoms with Gasteiger partial charge in [0.05, 0.1) is 0 Å².